The summed E-state index contributed by atoms with van der Waals surface area (Å²) in [5.41, 5.74) is -1.53. The van der Waals surface area contributed by atoms with Crippen LogP contribution in [0.3, 0.4) is 0 Å². The lowest BCUT2D eigenvalue weighted by Gasteiger charge is -2.25. The van der Waals surface area contributed by atoms with E-state index in [1.807, 2.05) is 4.98 Å². The Hall–Kier alpha value is -3.27. The average Bonchev–Trinajstić information content (AvgIpc) is 3.17. The van der Waals surface area contributed by atoms with Crippen LogP contribution in [-0.2, 0) is 23.4 Å². The van der Waals surface area contributed by atoms with E-state index in [4.69, 9.17) is 21.3 Å². The van der Waals surface area contributed by atoms with E-state index in [2.05, 4.69) is 5.09 Å². The maximum atomic E-state index is 13.8. The van der Waals surface area contributed by atoms with Crippen molar-refractivity contribution in [3.63, 3.8) is 0 Å². The summed E-state index contributed by atoms with van der Waals surface area (Å²) in [4.78, 5) is 38.5. The average molecular weight is 538 g/mol. The molecular formula is C23H29N4O9P. The summed E-state index contributed by atoms with van der Waals surface area (Å²) in [5.74, 6) is -2.30. The first-order chi connectivity index (χ1) is 18.2. The second-order valence-corrected chi connectivity index (χ2v) is 10.1. The summed E-state index contributed by atoms with van der Waals surface area (Å²) in [6, 6.07) is 8.08. The van der Waals surface area contributed by atoms with Crippen molar-refractivity contribution in [2.24, 2.45) is 5.92 Å². The van der Waals surface area contributed by atoms with Crippen molar-refractivity contribution in [1.29, 1.82) is 5.26 Å². The normalized spacial score (nSPS) is 24.9. The molecule has 1 unspecified atom stereocenters. The predicted octanol–water partition coefficient (Wildman–Crippen LogP) is 1.38. The highest BCUT2D eigenvalue weighted by molar-refractivity contribution is 7.52. The molecule has 1 aromatic heterocycles. The first-order valence-corrected chi connectivity index (χ1v) is 12.8. The van der Waals surface area contributed by atoms with E-state index in [-0.39, 0.29) is 11.3 Å². The Labute approximate surface area is 215 Å². The third-order valence-electron chi connectivity index (χ3n) is 5.16. The molecule has 0 saturated carbocycles. The van der Waals surface area contributed by atoms with E-state index in [9.17, 15) is 29.3 Å². The third-order valence-corrected chi connectivity index (χ3v) is 6.66. The monoisotopic (exact) mass is 538 g/mol. The Morgan fingerprint density at radius 3 is 2.65 bits per heavy atom. The van der Waals surface area contributed by atoms with Crippen molar-refractivity contribution >= 4 is 13.7 Å². The minimum absolute atomic E-state index is 0.00416. The van der Waals surface area contributed by atoms with Crippen molar-refractivity contribution in [1.82, 2.24) is 14.6 Å². The standard InChI is InChI=1S/C23H29N4O9P/c1-13(2)34-22(30)15(4)26-37(32,36-16-8-6-5-7-9-16)33-12-18-19(28)17(10-24)21(35-18)27-11-14(3)20(29)25-23(27)31/h5-9,11,13,15,17-19,21,28H,12H2,1-4H3,(H,26,32)(H,25,29,31)/t15-,17+,18-,19?,21-,37-/m0/s1/i12D2. The number of hydrogen-bond acceptors (Lipinski definition) is 10. The van der Waals surface area contributed by atoms with Crippen LogP contribution in [0.2, 0.25) is 0 Å². The molecule has 0 radical (unpaired) electrons. The maximum Gasteiger partial charge on any atom is 0.459 e. The van der Waals surface area contributed by atoms with Crippen LogP contribution < -0.4 is 20.9 Å². The molecule has 0 amide bonds. The highest BCUT2D eigenvalue weighted by Crippen LogP contribution is 2.46. The van der Waals surface area contributed by atoms with E-state index in [1.165, 1.54) is 26.0 Å². The van der Waals surface area contributed by atoms with Gasteiger partial charge in [0.25, 0.3) is 5.56 Å². The van der Waals surface area contributed by atoms with E-state index < -0.39 is 68.0 Å². The van der Waals surface area contributed by atoms with Gasteiger partial charge in [0, 0.05) is 11.8 Å². The topological polar surface area (TPSA) is 182 Å². The summed E-state index contributed by atoms with van der Waals surface area (Å²) in [7, 11) is -4.75. The number of ether oxygens (including phenoxy) is 2. The van der Waals surface area contributed by atoms with Crippen LogP contribution in [0.15, 0.2) is 46.1 Å². The zero-order chi connectivity index (χ0) is 29.1. The van der Waals surface area contributed by atoms with E-state index >= 15 is 0 Å². The van der Waals surface area contributed by atoms with Gasteiger partial charge < -0.3 is 19.1 Å². The molecule has 1 aliphatic rings. The lowest BCUT2D eigenvalue weighted by molar-refractivity contribution is -0.149. The minimum Gasteiger partial charge on any atom is -0.462 e. The number of aliphatic hydroxyl groups excluding tert-OH is 1. The molecule has 0 bridgehead atoms. The van der Waals surface area contributed by atoms with Crippen LogP contribution in [0.5, 0.6) is 5.75 Å². The van der Waals surface area contributed by atoms with Gasteiger partial charge in [0.05, 0.1) is 21.5 Å². The molecule has 2 aromatic rings. The van der Waals surface area contributed by atoms with Crippen LogP contribution >= 0.6 is 7.75 Å². The first-order valence-electron chi connectivity index (χ1n) is 12.3. The molecule has 0 spiro atoms. The number of nitrogens with one attached hydrogen (secondary N) is 2. The zero-order valence-electron chi connectivity index (χ0n) is 22.5. The largest absolute Gasteiger partial charge is 0.462 e. The predicted molar refractivity (Wildman–Crippen MR) is 130 cm³/mol. The number of carbonyl (C=O) groups excluding carboxylic acids is 1. The SMILES string of the molecule is [2H]C([2H])(O[P@@](=O)(N[C@@H](C)C(=O)OC(C)C)Oc1ccccc1)[C@@H]1O[C@H](n2cc(C)c(=O)[nH]c2=O)[C@H](C#N)C1O. The summed E-state index contributed by atoms with van der Waals surface area (Å²) >= 11 is 0. The van der Waals surface area contributed by atoms with Gasteiger partial charge in [-0.25, -0.2) is 9.36 Å². The molecule has 13 nitrogen and oxygen atoms in total. The van der Waals surface area contributed by atoms with Gasteiger partial charge in [-0.15, -0.1) is 0 Å². The lowest BCUT2D eigenvalue weighted by Crippen LogP contribution is -2.37. The Morgan fingerprint density at radius 1 is 1.35 bits per heavy atom. The quantitative estimate of drug-likeness (QED) is 0.293. The molecule has 2 heterocycles. The number of aliphatic hydroxyl groups is 1. The molecule has 1 saturated heterocycles. The number of nitrogens with zero attached hydrogens (tertiary/aromatic N) is 2. The van der Waals surface area contributed by atoms with Gasteiger partial charge in [-0.2, -0.15) is 10.3 Å². The molecule has 14 heteroatoms. The highest BCUT2D eigenvalue weighted by Gasteiger charge is 2.47. The number of benzene rings is 1. The van der Waals surface area contributed by atoms with Gasteiger partial charge in [0.1, 0.15) is 29.9 Å². The van der Waals surface area contributed by atoms with Gasteiger partial charge in [-0.05, 0) is 39.8 Å². The number of aromatic amines is 1. The fraction of sp³-hybridized carbons (Fsp3) is 0.478. The number of aryl methyl sites for hydroxylation is 1. The molecule has 37 heavy (non-hydrogen) atoms. The lowest BCUT2D eigenvalue weighted by atomic mass is 10.0. The fourth-order valence-corrected chi connectivity index (χ4v) is 4.73. The Morgan fingerprint density at radius 2 is 2.03 bits per heavy atom. The number of para-hydroxylation sites is 1. The van der Waals surface area contributed by atoms with Gasteiger partial charge in [-0.1, -0.05) is 18.2 Å². The number of nitriles is 1. The number of carbonyl (C=O) groups is 1. The number of esters is 1. The number of aromatic nitrogens is 2. The van der Waals surface area contributed by atoms with E-state index in [0.29, 0.717) is 0 Å². The zero-order valence-corrected chi connectivity index (χ0v) is 21.4. The van der Waals surface area contributed by atoms with Crippen molar-refractivity contribution in [3.8, 4) is 11.8 Å². The van der Waals surface area contributed by atoms with Crippen molar-refractivity contribution in [2.45, 2.75) is 58.3 Å². The molecule has 1 fully saturated rings. The fourth-order valence-electron chi connectivity index (χ4n) is 3.36. The van der Waals surface area contributed by atoms with Crippen LogP contribution in [-0.4, -0.2) is 51.5 Å². The van der Waals surface area contributed by atoms with Crippen LogP contribution in [0.25, 0.3) is 0 Å². The van der Waals surface area contributed by atoms with Crippen molar-refractivity contribution in [2.75, 3.05) is 6.56 Å². The van der Waals surface area contributed by atoms with E-state index in [0.717, 1.165) is 10.8 Å². The molecular weight excluding hydrogens is 507 g/mol. The van der Waals surface area contributed by atoms with Crippen molar-refractivity contribution < 1.29 is 35.7 Å². The first kappa shape index (κ1) is 25.4. The Balaban J connectivity index is 1.94. The molecule has 3 N–H and O–H groups in total. The molecule has 200 valence electrons. The summed E-state index contributed by atoms with van der Waals surface area (Å²) in [5, 5.41) is 22.8. The molecule has 1 aromatic carbocycles. The van der Waals surface area contributed by atoms with Gasteiger partial charge in [-0.3, -0.25) is 23.7 Å². The Kier molecular flexibility index (Phi) is 8.13. The number of rotatable bonds is 10. The smallest absolute Gasteiger partial charge is 0.459 e. The van der Waals surface area contributed by atoms with Gasteiger partial charge in [0.2, 0.25) is 0 Å². The summed E-state index contributed by atoms with van der Waals surface area (Å²) in [6.07, 6.45) is -4.75. The Bertz CT molecular complexity index is 1390. The maximum absolute atomic E-state index is 13.8. The number of H-pyrrole nitrogens is 1. The minimum atomic E-state index is -4.75. The van der Waals surface area contributed by atoms with Crippen LogP contribution in [0, 0.1) is 24.2 Å². The summed E-state index contributed by atoms with van der Waals surface area (Å²) < 4.78 is 53.0. The highest BCUT2D eigenvalue weighted by atomic mass is 31.2. The number of hydrogen-bond donors (Lipinski definition) is 3. The molecule has 3 rings (SSSR count). The van der Waals surface area contributed by atoms with Gasteiger partial charge in [0.15, 0.2) is 6.23 Å². The van der Waals surface area contributed by atoms with E-state index in [1.54, 1.807) is 38.1 Å². The third kappa shape index (κ3) is 6.94. The van der Waals surface area contributed by atoms with Crippen LogP contribution in [0.1, 0.15) is 35.3 Å². The summed E-state index contributed by atoms with van der Waals surface area (Å²) in [6.45, 7) is 2.81. The van der Waals surface area contributed by atoms with Gasteiger partial charge >= 0.3 is 19.4 Å². The molecule has 6 atom stereocenters. The molecule has 1 aliphatic heterocycles. The van der Waals surface area contributed by atoms with Crippen molar-refractivity contribution in [3.05, 3.63) is 62.9 Å². The second-order valence-electron chi connectivity index (χ2n) is 8.52. The van der Waals surface area contributed by atoms with Crippen LogP contribution in [0.4, 0.5) is 0 Å². The second kappa shape index (κ2) is 11.9. The molecule has 0 aliphatic carbocycles.